The van der Waals surface area contributed by atoms with Crippen LogP contribution in [-0.2, 0) is 6.54 Å². The number of thiophene rings is 1. The van der Waals surface area contributed by atoms with E-state index in [1.54, 1.807) is 0 Å². The van der Waals surface area contributed by atoms with Crippen LogP contribution in [0.15, 0.2) is 65.0 Å². The highest BCUT2D eigenvalue weighted by atomic mass is 32.1. The molecule has 0 bridgehead atoms. The lowest BCUT2D eigenvalue weighted by Crippen LogP contribution is -2.30. The summed E-state index contributed by atoms with van der Waals surface area (Å²) < 4.78 is 7.08. The molecular weight excluding hydrogens is 384 g/mol. The van der Waals surface area contributed by atoms with Crippen LogP contribution < -0.4 is 10.3 Å². The third kappa shape index (κ3) is 4.23. The number of hydrogen-bond donors (Lipinski definition) is 1. The molecule has 0 unspecified atom stereocenters. The van der Waals surface area contributed by atoms with Crippen LogP contribution in [0, 0.1) is 13.8 Å². The van der Waals surface area contributed by atoms with Crippen LogP contribution in [0.3, 0.4) is 0 Å². The first-order valence-corrected chi connectivity index (χ1v) is 10.3. The van der Waals surface area contributed by atoms with Crippen molar-refractivity contribution in [2.75, 3.05) is 6.61 Å². The third-order valence-electron chi connectivity index (χ3n) is 4.79. The Morgan fingerprint density at radius 1 is 1.07 bits per heavy atom. The Morgan fingerprint density at radius 2 is 1.72 bits per heavy atom. The second kappa shape index (κ2) is 8.19. The molecule has 1 atom stereocenters. The second-order valence-corrected chi connectivity index (χ2v) is 8.03. The summed E-state index contributed by atoms with van der Waals surface area (Å²) in [4.78, 5) is 18.2. The highest BCUT2D eigenvalue weighted by molar-refractivity contribution is 7.17. The van der Waals surface area contributed by atoms with Gasteiger partial charge in [-0.2, -0.15) is 0 Å². The van der Waals surface area contributed by atoms with Crippen molar-refractivity contribution in [1.82, 2.24) is 9.55 Å². The first kappa shape index (κ1) is 19.4. The van der Waals surface area contributed by atoms with E-state index >= 15 is 0 Å². The Kier molecular flexibility index (Phi) is 5.47. The van der Waals surface area contributed by atoms with Crippen molar-refractivity contribution in [1.29, 1.82) is 0 Å². The van der Waals surface area contributed by atoms with E-state index in [1.807, 2.05) is 67.8 Å². The number of benzene rings is 2. The predicted octanol–water partition coefficient (Wildman–Crippen LogP) is 4.18. The molecule has 6 heteroatoms. The molecule has 1 N–H and O–H groups in total. The van der Waals surface area contributed by atoms with Crippen LogP contribution in [0.4, 0.5) is 0 Å². The Bertz CT molecular complexity index is 1180. The zero-order valence-electron chi connectivity index (χ0n) is 16.3. The van der Waals surface area contributed by atoms with Gasteiger partial charge in [-0.3, -0.25) is 9.36 Å². The molecule has 4 rings (SSSR count). The Morgan fingerprint density at radius 3 is 2.41 bits per heavy atom. The van der Waals surface area contributed by atoms with Crippen molar-refractivity contribution in [3.63, 3.8) is 0 Å². The molecule has 0 fully saturated rings. The molecule has 4 aromatic rings. The topological polar surface area (TPSA) is 64.3 Å². The van der Waals surface area contributed by atoms with E-state index in [0.717, 1.165) is 16.7 Å². The normalized spacial score (nSPS) is 12.2. The van der Waals surface area contributed by atoms with Gasteiger partial charge in [0.1, 0.15) is 23.3 Å². The molecule has 2 aromatic heterocycles. The minimum absolute atomic E-state index is 0.0992. The maximum atomic E-state index is 13.1. The number of aliphatic hydroxyl groups is 1. The van der Waals surface area contributed by atoms with Gasteiger partial charge in [-0.05, 0) is 31.5 Å². The lowest BCUT2D eigenvalue weighted by molar-refractivity contribution is 0.0915. The molecular formula is C23H22N2O3S. The summed E-state index contributed by atoms with van der Waals surface area (Å²) in [6.45, 7) is 4.26. The third-order valence-corrected chi connectivity index (χ3v) is 5.68. The van der Waals surface area contributed by atoms with E-state index in [0.29, 0.717) is 16.0 Å². The van der Waals surface area contributed by atoms with Gasteiger partial charge < -0.3 is 9.84 Å². The molecule has 2 heterocycles. The summed E-state index contributed by atoms with van der Waals surface area (Å²) in [6, 6.07) is 15.7. The standard InChI is InChI=1S/C23H22N2O3S/c1-15-3-7-17(8-4-15)20-13-29-22-21(20)23(27)25(14-24-22)11-18(26)12-28-19-9-5-16(2)6-10-19/h3-10,13-14,18,26H,11-12H2,1-2H3/t18-/m0/s1. The first-order chi connectivity index (χ1) is 14.0. The molecule has 0 aliphatic heterocycles. The highest BCUT2D eigenvalue weighted by Crippen LogP contribution is 2.30. The van der Waals surface area contributed by atoms with Crippen LogP contribution in [0.25, 0.3) is 21.3 Å². The van der Waals surface area contributed by atoms with Gasteiger partial charge in [0, 0.05) is 10.9 Å². The minimum atomic E-state index is -0.824. The Hall–Kier alpha value is -2.96. The SMILES string of the molecule is Cc1ccc(OC[C@@H](O)Cn2cnc3scc(-c4ccc(C)cc4)c3c2=O)cc1. The average Bonchev–Trinajstić information content (AvgIpc) is 3.15. The molecule has 0 aliphatic rings. The monoisotopic (exact) mass is 406 g/mol. The maximum Gasteiger partial charge on any atom is 0.262 e. The van der Waals surface area contributed by atoms with Gasteiger partial charge in [-0.15, -0.1) is 11.3 Å². The second-order valence-electron chi connectivity index (χ2n) is 7.18. The number of hydrogen-bond acceptors (Lipinski definition) is 5. The van der Waals surface area contributed by atoms with Gasteiger partial charge in [0.15, 0.2) is 0 Å². The van der Waals surface area contributed by atoms with Gasteiger partial charge in [0.2, 0.25) is 0 Å². The molecule has 2 aromatic carbocycles. The van der Waals surface area contributed by atoms with Crippen molar-refractivity contribution < 1.29 is 9.84 Å². The molecule has 0 spiro atoms. The predicted molar refractivity (Wildman–Crippen MR) is 117 cm³/mol. The zero-order valence-corrected chi connectivity index (χ0v) is 17.1. The fraction of sp³-hybridized carbons (Fsp3) is 0.217. The van der Waals surface area contributed by atoms with Gasteiger partial charge in [0.25, 0.3) is 5.56 Å². The summed E-state index contributed by atoms with van der Waals surface area (Å²) in [5.74, 6) is 0.690. The number of aliphatic hydroxyl groups excluding tert-OH is 1. The average molecular weight is 407 g/mol. The quantitative estimate of drug-likeness (QED) is 0.522. The fourth-order valence-corrected chi connectivity index (χ4v) is 4.06. The molecule has 0 amide bonds. The summed E-state index contributed by atoms with van der Waals surface area (Å²) in [5.41, 5.74) is 4.02. The lowest BCUT2D eigenvalue weighted by Gasteiger charge is -2.14. The number of ether oxygens (including phenoxy) is 1. The van der Waals surface area contributed by atoms with E-state index in [9.17, 15) is 9.90 Å². The van der Waals surface area contributed by atoms with Crippen LogP contribution >= 0.6 is 11.3 Å². The van der Waals surface area contributed by atoms with Crippen LogP contribution in [-0.4, -0.2) is 27.4 Å². The molecule has 0 saturated heterocycles. The van der Waals surface area contributed by atoms with Crippen molar-refractivity contribution in [3.8, 4) is 16.9 Å². The number of fused-ring (bicyclic) bond motifs is 1. The lowest BCUT2D eigenvalue weighted by atomic mass is 10.1. The number of nitrogens with zero attached hydrogens (tertiary/aromatic N) is 2. The molecule has 0 radical (unpaired) electrons. The van der Waals surface area contributed by atoms with Crippen molar-refractivity contribution in [2.24, 2.45) is 0 Å². The van der Waals surface area contributed by atoms with E-state index in [2.05, 4.69) is 4.98 Å². The van der Waals surface area contributed by atoms with Crippen LogP contribution in [0.5, 0.6) is 5.75 Å². The molecule has 0 saturated carbocycles. The Balaban J connectivity index is 1.55. The van der Waals surface area contributed by atoms with Gasteiger partial charge in [0.05, 0.1) is 18.3 Å². The van der Waals surface area contributed by atoms with Crippen molar-refractivity contribution >= 4 is 21.6 Å². The fourth-order valence-electron chi connectivity index (χ4n) is 3.15. The number of aryl methyl sites for hydroxylation is 2. The molecule has 148 valence electrons. The summed E-state index contributed by atoms with van der Waals surface area (Å²) >= 11 is 1.45. The largest absolute Gasteiger partial charge is 0.491 e. The number of aromatic nitrogens is 2. The zero-order chi connectivity index (χ0) is 20.4. The first-order valence-electron chi connectivity index (χ1n) is 9.42. The molecule has 5 nitrogen and oxygen atoms in total. The Labute approximate surface area is 172 Å². The van der Waals surface area contributed by atoms with Crippen molar-refractivity contribution in [2.45, 2.75) is 26.5 Å². The molecule has 0 aliphatic carbocycles. The van der Waals surface area contributed by atoms with Gasteiger partial charge in [-0.25, -0.2) is 4.98 Å². The van der Waals surface area contributed by atoms with Crippen LogP contribution in [0.2, 0.25) is 0 Å². The summed E-state index contributed by atoms with van der Waals surface area (Å²) in [6.07, 6.45) is 0.671. The summed E-state index contributed by atoms with van der Waals surface area (Å²) in [5, 5.41) is 12.9. The van der Waals surface area contributed by atoms with E-state index < -0.39 is 6.10 Å². The summed E-state index contributed by atoms with van der Waals surface area (Å²) in [7, 11) is 0. The maximum absolute atomic E-state index is 13.1. The minimum Gasteiger partial charge on any atom is -0.491 e. The van der Waals surface area contributed by atoms with E-state index in [1.165, 1.54) is 27.8 Å². The van der Waals surface area contributed by atoms with Crippen LogP contribution in [0.1, 0.15) is 11.1 Å². The van der Waals surface area contributed by atoms with Crippen molar-refractivity contribution in [3.05, 3.63) is 81.7 Å². The van der Waals surface area contributed by atoms with E-state index in [4.69, 9.17) is 4.74 Å². The van der Waals surface area contributed by atoms with E-state index in [-0.39, 0.29) is 18.7 Å². The highest BCUT2D eigenvalue weighted by Gasteiger charge is 2.15. The smallest absolute Gasteiger partial charge is 0.262 e. The number of rotatable bonds is 6. The van der Waals surface area contributed by atoms with Gasteiger partial charge in [-0.1, -0.05) is 47.5 Å². The molecule has 29 heavy (non-hydrogen) atoms. The van der Waals surface area contributed by atoms with Gasteiger partial charge >= 0.3 is 0 Å².